The zero-order valence-corrected chi connectivity index (χ0v) is 17.0. The van der Waals surface area contributed by atoms with Crippen LogP contribution < -0.4 is 0 Å². The van der Waals surface area contributed by atoms with Crippen LogP contribution in [0.1, 0.15) is 23.9 Å². The molecule has 1 aromatic heterocycles. The summed E-state index contributed by atoms with van der Waals surface area (Å²) in [5.41, 5.74) is 3.76. The first-order chi connectivity index (χ1) is 10.0. The van der Waals surface area contributed by atoms with E-state index in [4.69, 9.17) is 0 Å². The fraction of sp³-hybridized carbons (Fsp3) is 0.438. The smallest absolute Gasteiger partial charge is 0.0624 e. The van der Waals surface area contributed by atoms with Crippen molar-refractivity contribution in [1.29, 1.82) is 0 Å². The van der Waals surface area contributed by atoms with E-state index in [1.165, 1.54) is 11.3 Å². The SMILES string of the molecule is CCc1cc(CC(CBr)(CBr)c2cccc(Br)c2)n(C)n1. The summed E-state index contributed by atoms with van der Waals surface area (Å²) in [4.78, 5) is 0. The number of hydrogen-bond donors (Lipinski definition) is 0. The number of halogens is 3. The van der Waals surface area contributed by atoms with E-state index < -0.39 is 0 Å². The Morgan fingerprint density at radius 1 is 1.19 bits per heavy atom. The predicted molar refractivity (Wildman–Crippen MR) is 99.7 cm³/mol. The van der Waals surface area contributed by atoms with E-state index in [-0.39, 0.29) is 5.41 Å². The Morgan fingerprint density at radius 2 is 1.90 bits per heavy atom. The first kappa shape index (κ1) is 17.2. The first-order valence-electron chi connectivity index (χ1n) is 6.94. The molecule has 5 heteroatoms. The Kier molecular flexibility index (Phi) is 6.09. The van der Waals surface area contributed by atoms with Gasteiger partial charge in [-0.05, 0) is 30.2 Å². The number of rotatable bonds is 6. The van der Waals surface area contributed by atoms with Crippen LogP contribution in [0.25, 0.3) is 0 Å². The molecule has 0 fully saturated rings. The van der Waals surface area contributed by atoms with Crippen molar-refractivity contribution in [1.82, 2.24) is 9.78 Å². The van der Waals surface area contributed by atoms with Crippen molar-refractivity contribution in [3.63, 3.8) is 0 Å². The molecule has 0 radical (unpaired) electrons. The van der Waals surface area contributed by atoms with Crippen LogP contribution in [0.4, 0.5) is 0 Å². The summed E-state index contributed by atoms with van der Waals surface area (Å²) < 4.78 is 3.13. The summed E-state index contributed by atoms with van der Waals surface area (Å²) in [5, 5.41) is 6.36. The van der Waals surface area contributed by atoms with Crippen molar-refractivity contribution in [2.75, 3.05) is 10.7 Å². The number of hydrogen-bond acceptors (Lipinski definition) is 1. The third-order valence-corrected chi connectivity index (χ3v) is 6.50. The number of benzene rings is 1. The van der Waals surface area contributed by atoms with Gasteiger partial charge in [0.15, 0.2) is 0 Å². The number of aryl methyl sites for hydroxylation is 2. The lowest BCUT2D eigenvalue weighted by Crippen LogP contribution is -2.33. The van der Waals surface area contributed by atoms with Gasteiger partial charge in [0, 0.05) is 39.7 Å². The van der Waals surface area contributed by atoms with Crippen LogP contribution >= 0.6 is 47.8 Å². The third-order valence-electron chi connectivity index (χ3n) is 3.86. The minimum absolute atomic E-state index is 0.0165. The second kappa shape index (κ2) is 7.42. The van der Waals surface area contributed by atoms with Crippen LogP contribution in [-0.4, -0.2) is 20.4 Å². The summed E-state index contributed by atoms with van der Waals surface area (Å²) in [5.74, 6) is 0. The lowest BCUT2D eigenvalue weighted by molar-refractivity contribution is 0.522. The molecule has 0 unspecified atom stereocenters. The molecule has 0 aliphatic carbocycles. The molecule has 0 aliphatic heterocycles. The van der Waals surface area contributed by atoms with Crippen molar-refractivity contribution >= 4 is 47.8 Å². The van der Waals surface area contributed by atoms with Crippen molar-refractivity contribution < 1.29 is 0 Å². The highest BCUT2D eigenvalue weighted by Crippen LogP contribution is 2.34. The minimum Gasteiger partial charge on any atom is -0.272 e. The molecule has 0 aliphatic rings. The summed E-state index contributed by atoms with van der Waals surface area (Å²) >= 11 is 11.0. The topological polar surface area (TPSA) is 17.8 Å². The Labute approximate surface area is 151 Å². The Morgan fingerprint density at radius 3 is 2.43 bits per heavy atom. The van der Waals surface area contributed by atoms with E-state index in [0.717, 1.165) is 33.7 Å². The van der Waals surface area contributed by atoms with Gasteiger partial charge in [0.1, 0.15) is 0 Å². The maximum Gasteiger partial charge on any atom is 0.0624 e. The molecule has 114 valence electrons. The Hall–Kier alpha value is -0.130. The van der Waals surface area contributed by atoms with Gasteiger partial charge < -0.3 is 0 Å². The van der Waals surface area contributed by atoms with E-state index in [2.05, 4.69) is 90.1 Å². The van der Waals surface area contributed by atoms with Crippen molar-refractivity contribution in [2.45, 2.75) is 25.2 Å². The van der Waals surface area contributed by atoms with Crippen LogP contribution in [0, 0.1) is 0 Å². The van der Waals surface area contributed by atoms with Crippen molar-refractivity contribution in [3.8, 4) is 0 Å². The molecular formula is C16H19Br3N2. The highest BCUT2D eigenvalue weighted by atomic mass is 79.9. The van der Waals surface area contributed by atoms with E-state index >= 15 is 0 Å². The highest BCUT2D eigenvalue weighted by molar-refractivity contribution is 9.10. The summed E-state index contributed by atoms with van der Waals surface area (Å²) in [6.07, 6.45) is 1.92. The Bertz CT molecular complexity index is 603. The van der Waals surface area contributed by atoms with Crippen LogP contribution in [-0.2, 0) is 25.3 Å². The van der Waals surface area contributed by atoms with E-state index in [1.807, 2.05) is 11.7 Å². The molecule has 2 aromatic rings. The maximum atomic E-state index is 4.57. The minimum atomic E-state index is 0.0165. The van der Waals surface area contributed by atoms with Crippen molar-refractivity contribution in [3.05, 3.63) is 51.8 Å². The molecule has 2 nitrogen and oxygen atoms in total. The largest absolute Gasteiger partial charge is 0.272 e. The molecule has 0 amide bonds. The summed E-state index contributed by atoms with van der Waals surface area (Å²) in [6, 6.07) is 10.8. The van der Waals surface area contributed by atoms with Crippen LogP contribution in [0.3, 0.4) is 0 Å². The van der Waals surface area contributed by atoms with E-state index in [9.17, 15) is 0 Å². The van der Waals surface area contributed by atoms with Crippen LogP contribution in [0.15, 0.2) is 34.8 Å². The van der Waals surface area contributed by atoms with Crippen LogP contribution in [0.2, 0.25) is 0 Å². The Balaban J connectivity index is 2.40. The normalized spacial score (nSPS) is 11.9. The molecule has 2 rings (SSSR count). The monoisotopic (exact) mass is 476 g/mol. The van der Waals surface area contributed by atoms with Crippen molar-refractivity contribution in [2.24, 2.45) is 7.05 Å². The quantitative estimate of drug-likeness (QED) is 0.533. The lowest BCUT2D eigenvalue weighted by Gasteiger charge is -2.31. The second-order valence-corrected chi connectivity index (χ2v) is 7.38. The zero-order valence-electron chi connectivity index (χ0n) is 12.2. The van der Waals surface area contributed by atoms with Gasteiger partial charge >= 0.3 is 0 Å². The standard InChI is InChI=1S/C16H19Br3N2/c1-3-14-8-15(21(2)20-14)9-16(10-17,11-18)12-5-4-6-13(19)7-12/h4-8H,3,9-11H2,1-2H3. The highest BCUT2D eigenvalue weighted by Gasteiger charge is 2.32. The predicted octanol–water partition coefficient (Wildman–Crippen LogP) is 5.02. The van der Waals surface area contributed by atoms with Gasteiger partial charge in [0.25, 0.3) is 0 Å². The van der Waals surface area contributed by atoms with Gasteiger partial charge in [-0.15, -0.1) is 0 Å². The average molecular weight is 479 g/mol. The van der Waals surface area contributed by atoms with Gasteiger partial charge in [-0.1, -0.05) is 66.8 Å². The van der Waals surface area contributed by atoms with E-state index in [1.54, 1.807) is 0 Å². The second-order valence-electron chi connectivity index (χ2n) is 5.34. The van der Waals surface area contributed by atoms with E-state index in [0.29, 0.717) is 0 Å². The molecule has 0 N–H and O–H groups in total. The molecule has 1 aromatic carbocycles. The molecule has 0 atom stereocenters. The fourth-order valence-corrected chi connectivity index (χ4v) is 4.83. The molecule has 0 spiro atoms. The van der Waals surface area contributed by atoms with Crippen LogP contribution in [0.5, 0.6) is 0 Å². The lowest BCUT2D eigenvalue weighted by atomic mass is 9.80. The molecular weight excluding hydrogens is 460 g/mol. The molecule has 0 saturated carbocycles. The third kappa shape index (κ3) is 3.80. The number of aromatic nitrogens is 2. The first-order valence-corrected chi connectivity index (χ1v) is 9.98. The van der Waals surface area contributed by atoms with Gasteiger partial charge in [0.05, 0.1) is 5.69 Å². The molecule has 21 heavy (non-hydrogen) atoms. The number of alkyl halides is 2. The summed E-state index contributed by atoms with van der Waals surface area (Å²) in [7, 11) is 2.03. The van der Waals surface area contributed by atoms with Gasteiger partial charge in [0.2, 0.25) is 0 Å². The maximum absolute atomic E-state index is 4.57. The van der Waals surface area contributed by atoms with Gasteiger partial charge in [-0.25, -0.2) is 0 Å². The summed E-state index contributed by atoms with van der Waals surface area (Å²) in [6.45, 7) is 2.14. The van der Waals surface area contributed by atoms with Gasteiger partial charge in [-0.3, -0.25) is 4.68 Å². The zero-order chi connectivity index (χ0) is 15.5. The van der Waals surface area contributed by atoms with Gasteiger partial charge in [-0.2, -0.15) is 5.10 Å². The molecule has 0 bridgehead atoms. The fourth-order valence-electron chi connectivity index (χ4n) is 2.46. The molecule has 0 saturated heterocycles. The molecule has 1 heterocycles. The average Bonchev–Trinajstić information content (AvgIpc) is 2.85. The number of nitrogens with zero attached hydrogens (tertiary/aromatic N) is 2.